The van der Waals surface area contributed by atoms with Gasteiger partial charge in [-0.25, -0.2) is 4.99 Å². The number of rotatable bonds is 9. The quantitative estimate of drug-likeness (QED) is 0.388. The van der Waals surface area contributed by atoms with E-state index in [1.807, 2.05) is 24.4 Å². The lowest BCUT2D eigenvalue weighted by molar-refractivity contribution is 0.00990. The zero-order valence-electron chi connectivity index (χ0n) is 18.2. The molecule has 0 aliphatic carbocycles. The molecule has 0 unspecified atom stereocenters. The zero-order valence-corrected chi connectivity index (χ0v) is 18.2. The molecule has 2 heterocycles. The van der Waals surface area contributed by atoms with Crippen LogP contribution in [0.1, 0.15) is 31.7 Å². The monoisotopic (exact) mass is 410 g/mol. The summed E-state index contributed by atoms with van der Waals surface area (Å²) in [5.41, 5.74) is 3.30. The van der Waals surface area contributed by atoms with E-state index in [0.717, 1.165) is 69.3 Å². The molecule has 30 heavy (non-hydrogen) atoms. The summed E-state index contributed by atoms with van der Waals surface area (Å²) in [6, 6.07) is 14.5. The van der Waals surface area contributed by atoms with E-state index < -0.39 is 0 Å². The van der Waals surface area contributed by atoms with Crippen molar-refractivity contribution in [3.8, 4) is 11.3 Å². The first-order chi connectivity index (χ1) is 14.8. The van der Waals surface area contributed by atoms with Gasteiger partial charge >= 0.3 is 0 Å². The van der Waals surface area contributed by atoms with Gasteiger partial charge in [0.1, 0.15) is 0 Å². The molecule has 6 nitrogen and oxygen atoms in total. The van der Waals surface area contributed by atoms with E-state index in [9.17, 15) is 0 Å². The Kier molecular flexibility index (Phi) is 9.12. The van der Waals surface area contributed by atoms with Crippen LogP contribution in [0.4, 0.5) is 0 Å². The van der Waals surface area contributed by atoms with Crippen molar-refractivity contribution in [3.63, 3.8) is 0 Å². The number of aromatic nitrogens is 1. The summed E-state index contributed by atoms with van der Waals surface area (Å²) in [7, 11) is 1.73. The Morgan fingerprint density at radius 3 is 2.77 bits per heavy atom. The largest absolute Gasteiger partial charge is 0.385 e. The van der Waals surface area contributed by atoms with Crippen molar-refractivity contribution >= 4 is 5.96 Å². The van der Waals surface area contributed by atoms with Gasteiger partial charge in [0.15, 0.2) is 5.96 Å². The van der Waals surface area contributed by atoms with Crippen LogP contribution in [0.15, 0.2) is 53.7 Å². The van der Waals surface area contributed by atoms with Gasteiger partial charge in [-0.15, -0.1) is 0 Å². The second-order valence-corrected chi connectivity index (χ2v) is 7.49. The van der Waals surface area contributed by atoms with Crippen LogP contribution in [-0.4, -0.2) is 61.9 Å². The lowest BCUT2D eigenvalue weighted by Gasteiger charge is -2.34. The molecule has 0 radical (unpaired) electrons. The van der Waals surface area contributed by atoms with Crippen molar-refractivity contribution in [2.75, 3.05) is 40.0 Å². The van der Waals surface area contributed by atoms with Crippen LogP contribution in [0.25, 0.3) is 11.3 Å². The van der Waals surface area contributed by atoms with Crippen LogP contribution in [0, 0.1) is 0 Å². The van der Waals surface area contributed by atoms with Gasteiger partial charge in [0, 0.05) is 51.7 Å². The minimum Gasteiger partial charge on any atom is -0.385 e. The summed E-state index contributed by atoms with van der Waals surface area (Å²) in [5.74, 6) is 0.985. The minimum absolute atomic E-state index is 0.344. The summed E-state index contributed by atoms with van der Waals surface area (Å²) in [6.45, 7) is 7.10. The van der Waals surface area contributed by atoms with E-state index in [4.69, 9.17) is 14.5 Å². The van der Waals surface area contributed by atoms with E-state index in [1.54, 1.807) is 7.11 Å². The molecule has 162 valence electrons. The lowest BCUT2D eigenvalue weighted by Crippen LogP contribution is -2.47. The van der Waals surface area contributed by atoms with E-state index in [2.05, 4.69) is 46.4 Å². The van der Waals surface area contributed by atoms with Gasteiger partial charge in [0.05, 0.1) is 18.3 Å². The highest BCUT2D eigenvalue weighted by molar-refractivity contribution is 5.80. The van der Waals surface area contributed by atoms with E-state index in [0.29, 0.717) is 12.6 Å². The molecule has 0 saturated carbocycles. The number of methoxy groups -OCH3 is 1. The maximum absolute atomic E-state index is 5.98. The minimum atomic E-state index is 0.344. The molecule has 6 heteroatoms. The number of nitrogens with zero attached hydrogens (tertiary/aromatic N) is 3. The number of likely N-dealkylation sites (tertiary alicyclic amines) is 1. The first kappa shape index (κ1) is 22.2. The van der Waals surface area contributed by atoms with E-state index in [-0.39, 0.29) is 0 Å². The van der Waals surface area contributed by atoms with Crippen molar-refractivity contribution in [2.45, 2.75) is 38.8 Å². The second kappa shape index (κ2) is 12.3. The number of aliphatic imine (C=N–C) groups is 1. The average molecular weight is 411 g/mol. The lowest BCUT2D eigenvalue weighted by atomic mass is 10.1. The standard InChI is InChI=1S/C24H34N4O2/c1-3-25-24(28-14-11-22(12-15-28)30-17-7-16-29-2)27-19-20-8-6-9-21(18-20)23-10-4-5-13-26-23/h4-6,8-10,13,18,22H,3,7,11-12,14-17,19H2,1-2H3,(H,25,27). The molecule has 1 aliphatic heterocycles. The Hall–Kier alpha value is -2.44. The molecule has 0 amide bonds. The summed E-state index contributed by atoms with van der Waals surface area (Å²) in [6.07, 6.45) is 5.20. The number of guanidine groups is 1. The van der Waals surface area contributed by atoms with Gasteiger partial charge in [-0.2, -0.15) is 0 Å². The van der Waals surface area contributed by atoms with Gasteiger partial charge in [0.2, 0.25) is 0 Å². The number of hydrogen-bond donors (Lipinski definition) is 1. The third-order valence-corrected chi connectivity index (χ3v) is 5.22. The Morgan fingerprint density at radius 2 is 2.03 bits per heavy atom. The molecular weight excluding hydrogens is 376 g/mol. The number of ether oxygens (including phenoxy) is 2. The smallest absolute Gasteiger partial charge is 0.194 e. The Morgan fingerprint density at radius 1 is 1.17 bits per heavy atom. The fourth-order valence-electron chi connectivity index (χ4n) is 3.64. The maximum Gasteiger partial charge on any atom is 0.194 e. The predicted molar refractivity (Wildman–Crippen MR) is 122 cm³/mol. The summed E-state index contributed by atoms with van der Waals surface area (Å²) in [5, 5.41) is 3.45. The van der Waals surface area contributed by atoms with Gasteiger partial charge in [-0.1, -0.05) is 24.3 Å². The number of pyridine rings is 1. The first-order valence-electron chi connectivity index (χ1n) is 10.9. The fraction of sp³-hybridized carbons (Fsp3) is 0.500. The Balaban J connectivity index is 1.56. The molecule has 0 spiro atoms. The Bertz CT molecular complexity index is 774. The van der Waals surface area contributed by atoms with E-state index in [1.165, 1.54) is 5.56 Å². The van der Waals surface area contributed by atoms with Crippen molar-refractivity contribution in [2.24, 2.45) is 4.99 Å². The fourth-order valence-corrected chi connectivity index (χ4v) is 3.64. The highest BCUT2D eigenvalue weighted by atomic mass is 16.5. The molecule has 0 atom stereocenters. The van der Waals surface area contributed by atoms with Crippen molar-refractivity contribution in [1.29, 1.82) is 0 Å². The molecule has 0 bridgehead atoms. The molecule has 1 aliphatic rings. The molecule has 1 N–H and O–H groups in total. The van der Waals surface area contributed by atoms with Crippen LogP contribution < -0.4 is 5.32 Å². The summed E-state index contributed by atoms with van der Waals surface area (Å²) >= 11 is 0. The third-order valence-electron chi connectivity index (χ3n) is 5.22. The van der Waals surface area contributed by atoms with Crippen molar-refractivity contribution < 1.29 is 9.47 Å². The number of piperidine rings is 1. The molecule has 1 fully saturated rings. The molecule has 1 saturated heterocycles. The number of hydrogen-bond acceptors (Lipinski definition) is 4. The van der Waals surface area contributed by atoms with Gasteiger partial charge in [0.25, 0.3) is 0 Å². The molecule has 2 aromatic rings. The normalized spacial score (nSPS) is 15.4. The van der Waals surface area contributed by atoms with Gasteiger partial charge < -0.3 is 19.7 Å². The third kappa shape index (κ3) is 6.82. The van der Waals surface area contributed by atoms with Crippen molar-refractivity contribution in [3.05, 3.63) is 54.2 Å². The highest BCUT2D eigenvalue weighted by Crippen LogP contribution is 2.19. The molecule has 1 aromatic carbocycles. The topological polar surface area (TPSA) is 59.0 Å². The second-order valence-electron chi connectivity index (χ2n) is 7.49. The van der Waals surface area contributed by atoms with Crippen LogP contribution >= 0.6 is 0 Å². The van der Waals surface area contributed by atoms with Crippen LogP contribution in [0.2, 0.25) is 0 Å². The zero-order chi connectivity index (χ0) is 21.0. The van der Waals surface area contributed by atoms with Crippen LogP contribution in [-0.2, 0) is 16.0 Å². The van der Waals surface area contributed by atoms with Gasteiger partial charge in [-0.05, 0) is 49.9 Å². The number of nitrogens with one attached hydrogen (secondary N) is 1. The first-order valence-corrected chi connectivity index (χ1v) is 10.9. The molecular formula is C24H34N4O2. The Labute approximate surface area is 180 Å². The van der Waals surface area contributed by atoms with Crippen LogP contribution in [0.5, 0.6) is 0 Å². The highest BCUT2D eigenvalue weighted by Gasteiger charge is 2.21. The summed E-state index contributed by atoms with van der Waals surface area (Å²) < 4.78 is 11.1. The predicted octanol–water partition coefficient (Wildman–Crippen LogP) is 3.73. The van der Waals surface area contributed by atoms with Crippen LogP contribution in [0.3, 0.4) is 0 Å². The van der Waals surface area contributed by atoms with Crippen molar-refractivity contribution in [1.82, 2.24) is 15.2 Å². The summed E-state index contributed by atoms with van der Waals surface area (Å²) in [4.78, 5) is 11.7. The maximum atomic E-state index is 5.98. The molecule has 3 rings (SSSR count). The SMILES string of the molecule is CCNC(=NCc1cccc(-c2ccccn2)c1)N1CCC(OCCCOC)CC1. The van der Waals surface area contributed by atoms with E-state index >= 15 is 0 Å². The number of benzene rings is 1. The molecule has 1 aromatic heterocycles. The average Bonchev–Trinajstić information content (AvgIpc) is 2.81. The van der Waals surface area contributed by atoms with Gasteiger partial charge in [-0.3, -0.25) is 4.98 Å².